The predicted octanol–water partition coefficient (Wildman–Crippen LogP) is 14.1. The van der Waals surface area contributed by atoms with Crippen LogP contribution in [0.25, 0.3) is 0 Å². The quantitative estimate of drug-likeness (QED) is 0.0162. The lowest BCUT2D eigenvalue weighted by atomic mass is 10.1. The Hall–Kier alpha value is -2.29. The van der Waals surface area contributed by atoms with E-state index in [2.05, 4.69) is 68.6 Å². The highest BCUT2D eigenvalue weighted by Crippen LogP contribution is 2.38. The van der Waals surface area contributed by atoms with Gasteiger partial charge in [-0.05, 0) is 76.7 Å². The number of carbonyl (C=O) groups is 2. The lowest BCUT2D eigenvalue weighted by Gasteiger charge is -2.30. The summed E-state index contributed by atoms with van der Waals surface area (Å²) >= 11 is 0. The Kier molecular flexibility index (Phi) is 42.0. The van der Waals surface area contributed by atoms with Crippen molar-refractivity contribution in [1.82, 2.24) is 5.32 Å². The van der Waals surface area contributed by atoms with Gasteiger partial charge in [-0.2, -0.15) is 0 Å². The fraction of sp³-hybridized carbons (Fsp3) is 0.774. The van der Waals surface area contributed by atoms with Gasteiger partial charge in [-0.25, -0.2) is 0 Å². The average Bonchev–Trinajstić information content (AvgIpc) is 3.23. The van der Waals surface area contributed by atoms with Crippen molar-refractivity contribution in [2.45, 2.75) is 226 Å². The van der Waals surface area contributed by atoms with E-state index in [-0.39, 0.29) is 24.9 Å². The second kappa shape index (κ2) is 43.6. The highest BCUT2D eigenvalue weighted by Gasteiger charge is 2.27. The van der Waals surface area contributed by atoms with E-state index in [9.17, 15) is 19.0 Å². The summed E-state index contributed by atoms with van der Waals surface area (Å²) in [5.74, 6) is -0.589. The highest BCUT2D eigenvalue weighted by molar-refractivity contribution is 7.45. The van der Waals surface area contributed by atoms with E-state index in [1.165, 1.54) is 83.5 Å². The van der Waals surface area contributed by atoms with Crippen molar-refractivity contribution in [3.8, 4) is 0 Å². The van der Waals surface area contributed by atoms with Gasteiger partial charge in [-0.3, -0.25) is 14.2 Å². The number of rotatable bonds is 45. The molecule has 1 amide bonds. The first-order valence-corrected chi connectivity index (χ1v) is 27.1. The molecule has 63 heavy (non-hydrogen) atoms. The number of likely N-dealkylation sites (N-methyl/N-ethyl adjacent to an activating group) is 1. The molecule has 0 saturated heterocycles. The van der Waals surface area contributed by atoms with Crippen molar-refractivity contribution in [1.29, 1.82) is 0 Å². The van der Waals surface area contributed by atoms with Crippen LogP contribution in [0, 0.1) is 0 Å². The third kappa shape index (κ3) is 44.7. The molecular weight excluding hydrogens is 808 g/mol. The number of esters is 1. The van der Waals surface area contributed by atoms with Gasteiger partial charge >= 0.3 is 5.97 Å². The minimum absolute atomic E-state index is 0.0302. The summed E-state index contributed by atoms with van der Waals surface area (Å²) in [4.78, 5) is 39.6. The molecule has 0 aromatic rings. The molecule has 0 aromatic heterocycles. The number of hydrogen-bond donors (Lipinski definition) is 1. The molecule has 3 atom stereocenters. The zero-order chi connectivity index (χ0) is 46.5. The second-order valence-corrected chi connectivity index (χ2v) is 19.8. The van der Waals surface area contributed by atoms with Gasteiger partial charge < -0.3 is 28.5 Å². The minimum atomic E-state index is -4.69. The number of phosphoric acid groups is 1. The molecule has 0 fully saturated rings. The first-order valence-electron chi connectivity index (χ1n) is 25.6. The first kappa shape index (κ1) is 60.7. The molecule has 0 radical (unpaired) electrons. The fourth-order valence-electron chi connectivity index (χ4n) is 6.98. The number of amides is 1. The Labute approximate surface area is 388 Å². The normalized spacial score (nSPS) is 14.5. The van der Waals surface area contributed by atoms with Gasteiger partial charge in [0.25, 0.3) is 7.82 Å². The summed E-state index contributed by atoms with van der Waals surface area (Å²) in [6.45, 7) is 6.64. The maximum Gasteiger partial charge on any atom is 0.306 e. The summed E-state index contributed by atoms with van der Waals surface area (Å²) < 4.78 is 30.0. The van der Waals surface area contributed by atoms with Crippen LogP contribution in [0.5, 0.6) is 0 Å². The third-order valence-corrected chi connectivity index (χ3v) is 12.0. The molecule has 9 nitrogen and oxygen atoms in total. The van der Waals surface area contributed by atoms with Crippen LogP contribution < -0.4 is 10.2 Å². The summed E-state index contributed by atoms with van der Waals surface area (Å²) in [6.07, 6.45) is 51.9. The van der Waals surface area contributed by atoms with E-state index in [1.54, 1.807) is 0 Å². The zero-order valence-electron chi connectivity index (χ0n) is 41.5. The number of carbonyl (C=O) groups excluding carboxylic acids is 2. The number of quaternary nitrogens is 1. The van der Waals surface area contributed by atoms with Crippen molar-refractivity contribution in [2.75, 3.05) is 40.9 Å². The van der Waals surface area contributed by atoms with Gasteiger partial charge in [0.05, 0.1) is 33.8 Å². The maximum atomic E-state index is 13.4. The topological polar surface area (TPSA) is 114 Å². The third-order valence-electron chi connectivity index (χ3n) is 11.0. The molecule has 0 aromatic carbocycles. The van der Waals surface area contributed by atoms with Crippen molar-refractivity contribution in [3.63, 3.8) is 0 Å². The summed E-state index contributed by atoms with van der Waals surface area (Å²) in [7, 11) is 1.16. The van der Waals surface area contributed by atoms with E-state index in [0.29, 0.717) is 30.3 Å². The highest BCUT2D eigenvalue weighted by atomic mass is 31.2. The Bertz CT molecular complexity index is 1270. The number of unbranched alkanes of at least 4 members (excludes halogenated alkanes) is 23. The van der Waals surface area contributed by atoms with Crippen LogP contribution in [0.4, 0.5) is 0 Å². The molecule has 0 saturated carbocycles. The molecule has 366 valence electrons. The van der Waals surface area contributed by atoms with Gasteiger partial charge in [-0.1, -0.05) is 185 Å². The molecule has 0 aliphatic carbocycles. The Balaban J connectivity index is 5.49. The fourth-order valence-corrected chi connectivity index (χ4v) is 7.71. The van der Waals surface area contributed by atoms with Crippen LogP contribution in [0.15, 0.2) is 60.8 Å². The van der Waals surface area contributed by atoms with Crippen LogP contribution in [0.2, 0.25) is 0 Å². The predicted molar refractivity (Wildman–Crippen MR) is 265 cm³/mol. The van der Waals surface area contributed by atoms with Gasteiger partial charge in [0, 0.05) is 12.8 Å². The van der Waals surface area contributed by atoms with E-state index >= 15 is 0 Å². The molecule has 1 N–H and O–H groups in total. The van der Waals surface area contributed by atoms with Crippen molar-refractivity contribution < 1.29 is 37.3 Å². The van der Waals surface area contributed by atoms with Crippen LogP contribution in [0.3, 0.4) is 0 Å². The number of nitrogens with one attached hydrogen (secondary N) is 1. The SMILES string of the molecule is CC/C=C/C=C/C=C\CCCCCCCC(=O)OC(/C=C/CCCCCCCCCCC)C(COP(=O)([O-])OCC[N+](C)(C)C)NC(=O)CCCCC/C=C\CCCCCCCC. The number of hydrogen-bond acceptors (Lipinski definition) is 7. The van der Waals surface area contributed by atoms with E-state index in [1.807, 2.05) is 39.4 Å². The van der Waals surface area contributed by atoms with Gasteiger partial charge in [0.15, 0.2) is 0 Å². The van der Waals surface area contributed by atoms with Gasteiger partial charge in [0.1, 0.15) is 19.3 Å². The molecular formula is C53H97N2O7P. The number of allylic oxidation sites excluding steroid dienone is 9. The van der Waals surface area contributed by atoms with Crippen molar-refractivity contribution in [2.24, 2.45) is 0 Å². The van der Waals surface area contributed by atoms with Crippen molar-refractivity contribution >= 4 is 19.7 Å². The lowest BCUT2D eigenvalue weighted by Crippen LogP contribution is -2.47. The molecule has 10 heteroatoms. The standard InChI is InChI=1S/C53H97N2O7P/c1-7-10-13-16-19-22-25-27-30-33-36-39-42-45-52(56)54-50(49-61-63(58,59)60-48-47-55(4,5)6)51(44-41-38-35-32-29-24-21-18-15-12-9-3)62-53(57)46-43-40-37-34-31-28-26-23-20-17-14-11-8-2/h11,14,17,20,23,26-27,30,41,44,50-51H,7-10,12-13,15-16,18-19,21-22,24-25,28-29,31-40,42-43,45-49H2,1-6H3,(H-,54,56,58,59)/b14-11+,20-17+,26-23-,30-27-,44-41+. The van der Waals surface area contributed by atoms with Crippen molar-refractivity contribution in [3.05, 3.63) is 60.8 Å². The molecule has 0 spiro atoms. The minimum Gasteiger partial charge on any atom is -0.756 e. The molecule has 3 unspecified atom stereocenters. The Morgan fingerprint density at radius 2 is 1.03 bits per heavy atom. The summed E-state index contributed by atoms with van der Waals surface area (Å²) in [5.41, 5.74) is 0. The van der Waals surface area contributed by atoms with Crippen LogP contribution in [-0.2, 0) is 27.9 Å². The monoisotopic (exact) mass is 905 g/mol. The maximum absolute atomic E-state index is 13.4. The second-order valence-electron chi connectivity index (χ2n) is 18.3. The van der Waals surface area contributed by atoms with Gasteiger partial charge in [-0.15, -0.1) is 0 Å². The van der Waals surface area contributed by atoms with Crippen LogP contribution in [0.1, 0.15) is 213 Å². The number of phosphoric ester groups is 1. The van der Waals surface area contributed by atoms with E-state index < -0.39 is 26.6 Å². The summed E-state index contributed by atoms with van der Waals surface area (Å²) in [6, 6.07) is -0.902. The lowest BCUT2D eigenvalue weighted by molar-refractivity contribution is -0.870. The molecule has 0 bridgehead atoms. The first-order chi connectivity index (χ1) is 30.4. The van der Waals surface area contributed by atoms with Crippen LogP contribution in [-0.4, -0.2) is 69.4 Å². The largest absolute Gasteiger partial charge is 0.756 e. The van der Waals surface area contributed by atoms with Crippen LogP contribution >= 0.6 is 7.82 Å². The molecule has 0 rings (SSSR count). The zero-order valence-corrected chi connectivity index (χ0v) is 42.4. The Morgan fingerprint density at radius 3 is 1.57 bits per heavy atom. The molecule has 0 aliphatic rings. The summed E-state index contributed by atoms with van der Waals surface area (Å²) in [5, 5.41) is 2.99. The Morgan fingerprint density at radius 1 is 0.571 bits per heavy atom. The molecule has 0 aliphatic heterocycles. The average molecular weight is 905 g/mol. The molecule has 0 heterocycles. The number of nitrogens with zero attached hydrogens (tertiary/aromatic N) is 1. The number of ether oxygens (including phenoxy) is 1. The van der Waals surface area contributed by atoms with E-state index in [0.717, 1.165) is 83.5 Å². The van der Waals surface area contributed by atoms with Gasteiger partial charge in [0.2, 0.25) is 5.91 Å². The van der Waals surface area contributed by atoms with E-state index in [4.69, 9.17) is 13.8 Å². The smallest absolute Gasteiger partial charge is 0.306 e.